The lowest BCUT2D eigenvalue weighted by molar-refractivity contribution is -0.253. The van der Waals surface area contributed by atoms with Crippen LogP contribution in [-0.2, 0) is 6.42 Å². The number of aliphatic hydroxyl groups is 1. The fraction of sp³-hybridized carbons (Fsp3) is 0.667. The van der Waals surface area contributed by atoms with Crippen LogP contribution in [0.15, 0.2) is 24.3 Å². The van der Waals surface area contributed by atoms with Crippen molar-refractivity contribution in [1.82, 2.24) is 9.80 Å². The summed E-state index contributed by atoms with van der Waals surface area (Å²) in [4.78, 5) is 5.17. The van der Waals surface area contributed by atoms with Crippen LogP contribution < -0.4 is 0 Å². The first-order valence-electron chi connectivity index (χ1n) is 8.20. The summed E-state index contributed by atoms with van der Waals surface area (Å²) in [5.41, 5.74) is 2.88. The van der Waals surface area contributed by atoms with Crippen LogP contribution in [0.25, 0.3) is 0 Å². The third-order valence-electron chi connectivity index (χ3n) is 5.96. The molecule has 0 amide bonds. The number of nitrogens with zero attached hydrogens (tertiary/aromatic N) is 2. The topological polar surface area (TPSA) is 26.7 Å². The van der Waals surface area contributed by atoms with Crippen LogP contribution in [0.4, 0.5) is 0 Å². The molecule has 0 atom stereocenters. The molecule has 4 aliphatic rings. The molecule has 5 rings (SSSR count). The molecular formula is C18H26N2O. The highest BCUT2D eigenvalue weighted by Gasteiger charge is 2.61. The van der Waals surface area contributed by atoms with Gasteiger partial charge in [0.15, 0.2) is 0 Å². The van der Waals surface area contributed by atoms with E-state index in [1.165, 1.54) is 11.1 Å². The Morgan fingerprint density at radius 1 is 1.00 bits per heavy atom. The van der Waals surface area contributed by atoms with E-state index in [4.69, 9.17) is 0 Å². The molecular weight excluding hydrogens is 260 g/mol. The van der Waals surface area contributed by atoms with Gasteiger partial charge in [-0.15, -0.1) is 0 Å². The second kappa shape index (κ2) is 4.31. The predicted octanol–water partition coefficient (Wildman–Crippen LogP) is 2.27. The van der Waals surface area contributed by atoms with Crippen molar-refractivity contribution in [2.24, 2.45) is 10.8 Å². The highest BCUT2D eigenvalue weighted by molar-refractivity contribution is 5.27. The summed E-state index contributed by atoms with van der Waals surface area (Å²) in [6.07, 6.45) is 1.34. The van der Waals surface area contributed by atoms with E-state index in [0.717, 1.165) is 32.6 Å². The van der Waals surface area contributed by atoms with Gasteiger partial charge in [0.1, 0.15) is 0 Å². The molecule has 0 saturated carbocycles. The number of piperidine rings is 2. The van der Waals surface area contributed by atoms with Gasteiger partial charge in [0, 0.05) is 37.0 Å². The highest BCUT2D eigenvalue weighted by Crippen LogP contribution is 2.54. The zero-order valence-corrected chi connectivity index (χ0v) is 13.3. The second-order valence-corrected chi connectivity index (χ2v) is 7.99. The Labute approximate surface area is 127 Å². The Bertz CT molecular complexity index is 515. The van der Waals surface area contributed by atoms with Crippen molar-refractivity contribution in [3.8, 4) is 0 Å². The van der Waals surface area contributed by atoms with Crippen molar-refractivity contribution < 1.29 is 5.11 Å². The van der Waals surface area contributed by atoms with Gasteiger partial charge in [0.05, 0.1) is 12.3 Å². The second-order valence-electron chi connectivity index (χ2n) is 7.99. The van der Waals surface area contributed by atoms with Crippen molar-refractivity contribution in [3.05, 3.63) is 35.4 Å². The normalized spacial score (nSPS) is 47.8. The van der Waals surface area contributed by atoms with Crippen LogP contribution in [0, 0.1) is 10.8 Å². The van der Waals surface area contributed by atoms with Gasteiger partial charge in [-0.3, -0.25) is 9.80 Å². The van der Waals surface area contributed by atoms with Crippen LogP contribution in [-0.4, -0.2) is 47.2 Å². The van der Waals surface area contributed by atoms with Crippen LogP contribution in [0.3, 0.4) is 0 Å². The van der Waals surface area contributed by atoms with Gasteiger partial charge in [0.2, 0.25) is 0 Å². The number of hydrogen-bond acceptors (Lipinski definition) is 3. The number of aryl methyl sites for hydroxylation is 1. The maximum Gasteiger partial charge on any atom is 0.0887 e. The summed E-state index contributed by atoms with van der Waals surface area (Å²) in [6, 6.07) is 9.13. The number of benzene rings is 1. The molecule has 4 saturated heterocycles. The number of aliphatic hydroxyl groups excluding tert-OH is 1. The van der Waals surface area contributed by atoms with Crippen LogP contribution in [0.2, 0.25) is 0 Å². The molecule has 1 aromatic carbocycles. The summed E-state index contributed by atoms with van der Waals surface area (Å²) in [6.45, 7) is 10.8. The first-order chi connectivity index (χ1) is 9.95. The van der Waals surface area contributed by atoms with Gasteiger partial charge < -0.3 is 5.11 Å². The van der Waals surface area contributed by atoms with E-state index in [9.17, 15) is 5.11 Å². The lowest BCUT2D eigenvalue weighted by Gasteiger charge is -2.68. The average molecular weight is 286 g/mol. The monoisotopic (exact) mass is 286 g/mol. The first kappa shape index (κ1) is 13.7. The van der Waals surface area contributed by atoms with E-state index in [1.54, 1.807) is 0 Å². The summed E-state index contributed by atoms with van der Waals surface area (Å²) in [5, 5.41) is 10.7. The molecule has 0 spiro atoms. The zero-order chi connectivity index (χ0) is 14.8. The van der Waals surface area contributed by atoms with Gasteiger partial charge in [0.25, 0.3) is 0 Å². The van der Waals surface area contributed by atoms with E-state index in [1.807, 2.05) is 0 Å². The third-order valence-corrected chi connectivity index (χ3v) is 5.96. The number of rotatable bonds is 2. The minimum absolute atomic E-state index is 0.0328. The molecule has 0 aromatic heterocycles. The quantitative estimate of drug-likeness (QED) is 0.903. The average Bonchev–Trinajstić information content (AvgIpc) is 2.44. The molecule has 4 heterocycles. The summed E-state index contributed by atoms with van der Waals surface area (Å²) in [7, 11) is 0. The van der Waals surface area contributed by atoms with E-state index < -0.39 is 0 Å². The van der Waals surface area contributed by atoms with E-state index in [0.29, 0.717) is 6.17 Å². The van der Waals surface area contributed by atoms with Gasteiger partial charge in [-0.2, -0.15) is 0 Å². The van der Waals surface area contributed by atoms with Crippen molar-refractivity contribution in [2.45, 2.75) is 39.5 Å². The molecule has 4 fully saturated rings. The van der Waals surface area contributed by atoms with Crippen molar-refractivity contribution in [3.63, 3.8) is 0 Å². The lowest BCUT2D eigenvalue weighted by Crippen LogP contribution is -2.76. The van der Waals surface area contributed by atoms with E-state index in [2.05, 4.69) is 54.8 Å². The fourth-order valence-corrected chi connectivity index (χ4v) is 5.18. The van der Waals surface area contributed by atoms with Crippen LogP contribution >= 0.6 is 0 Å². The molecule has 4 bridgehead atoms. The molecule has 1 N–H and O–H groups in total. The van der Waals surface area contributed by atoms with Gasteiger partial charge in [-0.25, -0.2) is 0 Å². The molecule has 21 heavy (non-hydrogen) atoms. The SMILES string of the molecule is CCc1ccc(C2N3CC4(C)CN2CC(C)(C3)C4O)cc1. The highest BCUT2D eigenvalue weighted by atomic mass is 16.3. The Balaban J connectivity index is 1.68. The maximum atomic E-state index is 10.7. The van der Waals surface area contributed by atoms with E-state index in [-0.39, 0.29) is 16.9 Å². The molecule has 3 nitrogen and oxygen atoms in total. The molecule has 3 heteroatoms. The third kappa shape index (κ3) is 1.84. The number of hydrogen-bond donors (Lipinski definition) is 1. The largest absolute Gasteiger partial charge is 0.392 e. The molecule has 114 valence electrons. The predicted molar refractivity (Wildman–Crippen MR) is 83.9 cm³/mol. The minimum atomic E-state index is -0.166. The maximum absolute atomic E-state index is 10.7. The van der Waals surface area contributed by atoms with Crippen molar-refractivity contribution in [1.29, 1.82) is 0 Å². The summed E-state index contributed by atoms with van der Waals surface area (Å²) in [5.74, 6) is 0. The Hall–Kier alpha value is -0.900. The van der Waals surface area contributed by atoms with Crippen LogP contribution in [0.5, 0.6) is 0 Å². The minimum Gasteiger partial charge on any atom is -0.392 e. The molecule has 0 radical (unpaired) electrons. The van der Waals surface area contributed by atoms with Gasteiger partial charge >= 0.3 is 0 Å². The summed E-state index contributed by atoms with van der Waals surface area (Å²) >= 11 is 0. The molecule has 4 aliphatic heterocycles. The summed E-state index contributed by atoms with van der Waals surface area (Å²) < 4.78 is 0. The molecule has 0 aliphatic carbocycles. The van der Waals surface area contributed by atoms with Crippen molar-refractivity contribution >= 4 is 0 Å². The Morgan fingerprint density at radius 2 is 1.48 bits per heavy atom. The Morgan fingerprint density at radius 3 is 1.90 bits per heavy atom. The van der Waals surface area contributed by atoms with Crippen LogP contribution in [0.1, 0.15) is 38.1 Å². The van der Waals surface area contributed by atoms with E-state index >= 15 is 0 Å². The smallest absolute Gasteiger partial charge is 0.0887 e. The fourth-order valence-electron chi connectivity index (χ4n) is 5.18. The standard InChI is InChI=1S/C18H26N2O/c1-4-13-5-7-14(8-6-13)15-19-9-17(2)10-20(15)12-18(3,11-19)16(17)21/h5-8,15-16,21H,4,9-12H2,1-3H3. The molecule has 0 unspecified atom stereocenters. The lowest BCUT2D eigenvalue weighted by atomic mass is 9.60. The molecule has 1 aromatic rings. The van der Waals surface area contributed by atoms with Crippen molar-refractivity contribution in [2.75, 3.05) is 26.2 Å². The van der Waals surface area contributed by atoms with Gasteiger partial charge in [-0.05, 0) is 17.5 Å². The Kier molecular flexibility index (Phi) is 2.82. The zero-order valence-electron chi connectivity index (χ0n) is 13.3. The first-order valence-corrected chi connectivity index (χ1v) is 8.20. The van der Waals surface area contributed by atoms with Gasteiger partial charge in [-0.1, -0.05) is 45.0 Å².